The molecule has 0 aromatic heterocycles. The van der Waals surface area contributed by atoms with Crippen molar-refractivity contribution >= 4 is 33.8 Å². The van der Waals surface area contributed by atoms with Gasteiger partial charge in [-0.25, -0.2) is 13.2 Å². The zero-order chi connectivity index (χ0) is 29.5. The Morgan fingerprint density at radius 2 is 2.09 bits per heavy atom. The van der Waals surface area contributed by atoms with E-state index in [-0.39, 0.29) is 52.8 Å². The molecule has 2 saturated heterocycles. The number of benzene rings is 2. The molecule has 0 amide bonds. The van der Waals surface area contributed by atoms with Gasteiger partial charge in [-0.05, 0) is 66.9 Å². The van der Waals surface area contributed by atoms with Crippen molar-refractivity contribution < 1.29 is 27.9 Å². The van der Waals surface area contributed by atoms with Crippen LogP contribution in [0.2, 0.25) is 0 Å². The minimum atomic E-state index is -0.912. The van der Waals surface area contributed by atoms with Gasteiger partial charge in [-0.1, -0.05) is 17.1 Å². The topological polar surface area (TPSA) is 82.3 Å². The van der Waals surface area contributed by atoms with Crippen molar-refractivity contribution in [2.24, 2.45) is 21.2 Å². The lowest BCUT2D eigenvalue weighted by Crippen LogP contribution is -2.43. The number of hydrogen-bond donors (Lipinski definition) is 1. The van der Waals surface area contributed by atoms with Crippen LogP contribution in [0.5, 0.6) is 5.75 Å². The second-order valence-corrected chi connectivity index (χ2v) is 12.0. The molecule has 2 aromatic carbocycles. The zero-order valence-electron chi connectivity index (χ0n) is 23.2. The van der Waals surface area contributed by atoms with Crippen molar-refractivity contribution in [2.75, 3.05) is 32.8 Å². The van der Waals surface area contributed by atoms with E-state index in [0.717, 1.165) is 31.4 Å². The molecule has 1 N–H and O–H groups in total. The summed E-state index contributed by atoms with van der Waals surface area (Å²) >= 11 is 0. The first-order valence-electron chi connectivity index (χ1n) is 14.6. The van der Waals surface area contributed by atoms with Crippen LogP contribution in [-0.2, 0) is 9.57 Å². The Labute approximate surface area is 245 Å². The number of aromatic hydroxyl groups is 1. The Kier molecular flexibility index (Phi) is 5.88. The van der Waals surface area contributed by atoms with Crippen molar-refractivity contribution in [1.82, 2.24) is 9.91 Å². The predicted molar refractivity (Wildman–Crippen MR) is 155 cm³/mol. The van der Waals surface area contributed by atoms with Crippen LogP contribution in [0.3, 0.4) is 0 Å². The van der Waals surface area contributed by atoms with E-state index < -0.39 is 29.3 Å². The molecule has 1 aliphatic carbocycles. The Morgan fingerprint density at radius 3 is 2.95 bits per heavy atom. The van der Waals surface area contributed by atoms with Crippen molar-refractivity contribution in [3.8, 4) is 18.1 Å². The van der Waals surface area contributed by atoms with Gasteiger partial charge in [0, 0.05) is 30.5 Å². The lowest BCUT2D eigenvalue weighted by atomic mass is 9.84. The number of terminal acetylenes is 1. The van der Waals surface area contributed by atoms with Crippen LogP contribution in [0, 0.1) is 24.1 Å². The molecule has 220 valence electrons. The number of phenolic OH excluding ortho intramolecular Hbond substituents is 1. The molecule has 0 saturated carbocycles. The number of aliphatic imine (C=N–C) groups is 1. The van der Waals surface area contributed by atoms with E-state index in [2.05, 4.69) is 26.1 Å². The second-order valence-electron chi connectivity index (χ2n) is 12.0. The highest BCUT2D eigenvalue weighted by atomic mass is 19.1. The largest absolute Gasteiger partial charge is 0.508 e. The highest BCUT2D eigenvalue weighted by molar-refractivity contribution is 6.37. The number of rotatable bonds is 3. The summed E-state index contributed by atoms with van der Waals surface area (Å²) in [7, 11) is 0. The minimum Gasteiger partial charge on any atom is -0.508 e. The SMILES string of the molecule is C#Cc1c(F)ccc2cc(O)cc(C3=C(F)C4=NC(OC[C@@]56CCCN5C[C@H](F)C6)=NN5CCCC(=C45)[C@H]4CON=C34)c12. The predicted octanol–water partition coefficient (Wildman–Crippen LogP) is 5.03. The van der Waals surface area contributed by atoms with E-state index in [4.69, 9.17) is 16.0 Å². The summed E-state index contributed by atoms with van der Waals surface area (Å²) in [4.78, 5) is 12.3. The Hall–Kier alpha value is -4.30. The monoisotopic (exact) mass is 587 g/mol. The van der Waals surface area contributed by atoms with E-state index in [1.807, 2.05) is 0 Å². The fraction of sp³-hybridized carbons (Fsp3) is 0.406. The summed E-state index contributed by atoms with van der Waals surface area (Å²) in [5, 5.41) is 22.1. The van der Waals surface area contributed by atoms with Crippen LogP contribution in [0.25, 0.3) is 16.3 Å². The molecule has 5 heterocycles. The minimum absolute atomic E-state index is 0.000549. The summed E-state index contributed by atoms with van der Waals surface area (Å²) in [6.45, 7) is 2.12. The number of amidine groups is 1. The molecule has 0 unspecified atom stereocenters. The van der Waals surface area contributed by atoms with Gasteiger partial charge in [-0.2, -0.15) is 4.99 Å². The Morgan fingerprint density at radius 1 is 1.21 bits per heavy atom. The molecule has 11 heteroatoms. The molecule has 0 spiro atoms. The van der Waals surface area contributed by atoms with Gasteiger partial charge in [0.05, 0.1) is 22.7 Å². The number of allylic oxidation sites excluding steroid dienone is 2. The number of hydrogen-bond acceptors (Lipinski definition) is 8. The van der Waals surface area contributed by atoms with E-state index in [1.165, 1.54) is 24.3 Å². The van der Waals surface area contributed by atoms with Gasteiger partial charge in [0.25, 0.3) is 0 Å². The van der Waals surface area contributed by atoms with Gasteiger partial charge >= 0.3 is 6.02 Å². The van der Waals surface area contributed by atoms with Crippen LogP contribution in [0.1, 0.15) is 43.2 Å². The van der Waals surface area contributed by atoms with Gasteiger partial charge < -0.3 is 14.7 Å². The summed E-state index contributed by atoms with van der Waals surface area (Å²) in [5.41, 5.74) is 1.51. The molecule has 2 fully saturated rings. The molecular weight excluding hydrogens is 559 g/mol. The molecule has 43 heavy (non-hydrogen) atoms. The van der Waals surface area contributed by atoms with Gasteiger partial charge in [0.2, 0.25) is 0 Å². The third-order valence-corrected chi connectivity index (χ3v) is 9.55. The first-order valence-corrected chi connectivity index (χ1v) is 14.6. The van der Waals surface area contributed by atoms with E-state index in [0.29, 0.717) is 42.7 Å². The number of nitrogens with zero attached hydrogens (tertiary/aromatic N) is 5. The molecule has 2 aromatic rings. The van der Waals surface area contributed by atoms with E-state index >= 15 is 4.39 Å². The molecule has 0 radical (unpaired) electrons. The van der Waals surface area contributed by atoms with Crippen molar-refractivity contribution in [2.45, 2.75) is 43.8 Å². The highest BCUT2D eigenvalue weighted by Crippen LogP contribution is 2.46. The summed E-state index contributed by atoms with van der Waals surface area (Å²) in [5.74, 6) is 0.484. The Balaban J connectivity index is 1.30. The maximum Gasteiger partial charge on any atom is 0.334 e. The van der Waals surface area contributed by atoms with Crippen LogP contribution >= 0.6 is 0 Å². The molecule has 8 nitrogen and oxygen atoms in total. The van der Waals surface area contributed by atoms with Crippen LogP contribution in [-0.4, -0.2) is 77.0 Å². The van der Waals surface area contributed by atoms with Crippen molar-refractivity contribution in [1.29, 1.82) is 0 Å². The smallest absolute Gasteiger partial charge is 0.334 e. The summed E-state index contributed by atoms with van der Waals surface area (Å²) in [6, 6.07) is 5.54. The molecule has 5 aliphatic heterocycles. The first-order chi connectivity index (χ1) is 20.9. The van der Waals surface area contributed by atoms with E-state index in [1.54, 1.807) is 5.01 Å². The second kappa shape index (κ2) is 9.61. The number of alkyl halides is 1. The molecule has 8 rings (SSSR count). The maximum atomic E-state index is 17.2. The van der Waals surface area contributed by atoms with Crippen LogP contribution in [0.15, 0.2) is 56.6 Å². The van der Waals surface area contributed by atoms with Crippen molar-refractivity contribution in [3.05, 3.63) is 58.3 Å². The number of phenols is 1. The van der Waals surface area contributed by atoms with Crippen LogP contribution < -0.4 is 0 Å². The van der Waals surface area contributed by atoms with Gasteiger partial charge in [0.15, 0.2) is 5.83 Å². The lowest BCUT2D eigenvalue weighted by molar-refractivity contribution is 0.103. The first kappa shape index (κ1) is 26.3. The van der Waals surface area contributed by atoms with E-state index in [9.17, 15) is 13.9 Å². The maximum absolute atomic E-state index is 17.2. The fourth-order valence-corrected chi connectivity index (χ4v) is 7.72. The number of oxime groups is 1. The third-order valence-electron chi connectivity index (χ3n) is 9.55. The van der Waals surface area contributed by atoms with Gasteiger partial charge in [-0.15, -0.1) is 11.5 Å². The summed E-state index contributed by atoms with van der Waals surface area (Å²) < 4.78 is 52.7. The summed E-state index contributed by atoms with van der Waals surface area (Å²) in [6.07, 6.45) is 8.40. The quantitative estimate of drug-likeness (QED) is 0.510. The zero-order valence-corrected chi connectivity index (χ0v) is 23.2. The van der Waals surface area contributed by atoms with Crippen molar-refractivity contribution in [3.63, 3.8) is 0 Å². The standard InChI is InChI=1S/C32H28F3N5O3/c1-2-20-24(34)7-6-17-11-19(41)12-22(25(17)20)26-27(35)29-30-21(23-15-43-38-28(23)26)5-3-10-40(30)37-31(36-29)42-16-32-8-4-9-39(32)14-18(33)13-32/h1,6-7,11-12,18,23,41H,3-5,8-10,13-16H2/t18-,23-,32+/m1/s1. The van der Waals surface area contributed by atoms with Crippen LogP contribution in [0.4, 0.5) is 13.2 Å². The average molecular weight is 588 g/mol. The molecular formula is C32H28F3N5O3. The normalized spacial score (nSPS) is 28.0. The van der Waals surface area contributed by atoms with Gasteiger partial charge in [0.1, 0.15) is 42.4 Å². The molecule has 0 bridgehead atoms. The number of halogens is 3. The lowest BCUT2D eigenvalue weighted by Gasteiger charge is -2.34. The Bertz CT molecular complexity index is 1790. The molecule has 6 aliphatic rings. The number of fused-ring (bicyclic) bond motifs is 4. The average Bonchev–Trinajstić information content (AvgIpc) is 3.68. The number of hydrazone groups is 1. The third kappa shape index (κ3) is 3.92. The highest BCUT2D eigenvalue weighted by Gasteiger charge is 2.50. The van der Waals surface area contributed by atoms with Gasteiger partial charge in [-0.3, -0.25) is 9.91 Å². The fourth-order valence-electron chi connectivity index (χ4n) is 7.72. The number of ether oxygens (including phenoxy) is 1. The molecule has 3 atom stereocenters.